The topological polar surface area (TPSA) is 80.4 Å². The summed E-state index contributed by atoms with van der Waals surface area (Å²) < 4.78 is 37.0. The summed E-state index contributed by atoms with van der Waals surface area (Å²) in [6, 6.07) is 13.3. The first-order valence-corrected chi connectivity index (χ1v) is 7.94. The number of rotatable bonds is 5. The van der Waals surface area contributed by atoms with Gasteiger partial charge in [0.2, 0.25) is 10.0 Å². The Bertz CT molecular complexity index is 717. The molecule has 0 bridgehead atoms. The van der Waals surface area contributed by atoms with Gasteiger partial charge in [-0.2, -0.15) is 0 Å². The van der Waals surface area contributed by atoms with Crippen molar-refractivity contribution in [1.29, 1.82) is 0 Å². The van der Waals surface area contributed by atoms with Gasteiger partial charge in [-0.15, -0.1) is 0 Å². The molecule has 0 aliphatic rings. The molecule has 0 fully saturated rings. The molecule has 2 aromatic carbocycles. The summed E-state index contributed by atoms with van der Waals surface area (Å²) in [6.07, 6.45) is 0.405. The predicted molar refractivity (Wildman–Crippen MR) is 77.7 cm³/mol. The third kappa shape index (κ3) is 3.66. The molecule has 0 radical (unpaired) electrons. The van der Waals surface area contributed by atoms with Gasteiger partial charge in [0.25, 0.3) is 0 Å². The molecule has 112 valence electrons. The number of sulfonamides is 1. The largest absolute Gasteiger partial charge is 0.396 e. The molecule has 2 aromatic rings. The highest BCUT2D eigenvalue weighted by atomic mass is 32.2. The molecule has 0 aliphatic carbocycles. The van der Waals surface area contributed by atoms with Crippen LogP contribution in [0, 0.1) is 5.82 Å². The van der Waals surface area contributed by atoms with Gasteiger partial charge in [0.05, 0.1) is 6.61 Å². The van der Waals surface area contributed by atoms with E-state index in [9.17, 15) is 17.9 Å². The van der Waals surface area contributed by atoms with Crippen LogP contribution in [-0.2, 0) is 16.4 Å². The Kier molecular flexibility index (Phi) is 4.72. The standard InChI is InChI=1S/C15H16FNO3S/c16-15-13(7-4-8-14(15)21(17,19)20)12(10-18)9-11-5-2-1-3-6-11/h1-8,12,18H,9-10H2,(H2,17,19,20)/t12-/m1/s1. The summed E-state index contributed by atoms with van der Waals surface area (Å²) in [7, 11) is -4.13. The Morgan fingerprint density at radius 2 is 1.76 bits per heavy atom. The molecule has 0 unspecified atom stereocenters. The number of benzene rings is 2. The van der Waals surface area contributed by atoms with Crippen molar-refractivity contribution < 1.29 is 17.9 Å². The molecule has 6 heteroatoms. The van der Waals surface area contributed by atoms with Gasteiger partial charge >= 0.3 is 0 Å². The molecule has 0 aromatic heterocycles. The number of nitrogens with two attached hydrogens (primary N) is 1. The first-order chi connectivity index (χ1) is 9.93. The second-order valence-electron chi connectivity index (χ2n) is 4.77. The van der Waals surface area contributed by atoms with Crippen molar-refractivity contribution in [2.45, 2.75) is 17.2 Å². The highest BCUT2D eigenvalue weighted by Crippen LogP contribution is 2.26. The number of aliphatic hydroxyl groups excluding tert-OH is 1. The van der Waals surface area contributed by atoms with E-state index < -0.39 is 26.7 Å². The van der Waals surface area contributed by atoms with E-state index in [0.29, 0.717) is 6.42 Å². The van der Waals surface area contributed by atoms with Gasteiger partial charge in [-0.05, 0) is 23.6 Å². The zero-order valence-electron chi connectivity index (χ0n) is 11.2. The number of aliphatic hydroxyl groups is 1. The van der Waals surface area contributed by atoms with E-state index >= 15 is 0 Å². The third-order valence-corrected chi connectivity index (χ3v) is 4.21. The van der Waals surface area contributed by atoms with Crippen LogP contribution in [0.25, 0.3) is 0 Å². The molecule has 0 aliphatic heterocycles. The molecule has 0 saturated heterocycles. The molecular weight excluding hydrogens is 293 g/mol. The second-order valence-corrected chi connectivity index (χ2v) is 6.30. The second kappa shape index (κ2) is 6.34. The van der Waals surface area contributed by atoms with Crippen LogP contribution in [0.5, 0.6) is 0 Å². The first-order valence-electron chi connectivity index (χ1n) is 6.39. The summed E-state index contributed by atoms with van der Waals surface area (Å²) in [5.41, 5.74) is 1.07. The van der Waals surface area contributed by atoms with Gasteiger partial charge in [-0.1, -0.05) is 42.5 Å². The van der Waals surface area contributed by atoms with Gasteiger partial charge in [0.1, 0.15) is 10.7 Å². The quantitative estimate of drug-likeness (QED) is 0.883. The normalized spacial score (nSPS) is 13.1. The highest BCUT2D eigenvalue weighted by Gasteiger charge is 2.22. The lowest BCUT2D eigenvalue weighted by Gasteiger charge is -2.16. The van der Waals surface area contributed by atoms with Crippen LogP contribution in [0.15, 0.2) is 53.4 Å². The third-order valence-electron chi connectivity index (χ3n) is 3.28. The molecule has 0 spiro atoms. The smallest absolute Gasteiger partial charge is 0.240 e. The van der Waals surface area contributed by atoms with Crippen LogP contribution in [0.3, 0.4) is 0 Å². The zero-order chi connectivity index (χ0) is 15.5. The van der Waals surface area contributed by atoms with Crippen LogP contribution in [0.4, 0.5) is 4.39 Å². The van der Waals surface area contributed by atoms with Crippen LogP contribution in [0.2, 0.25) is 0 Å². The first kappa shape index (κ1) is 15.6. The number of primary sulfonamides is 1. The summed E-state index contributed by atoms with van der Waals surface area (Å²) in [4.78, 5) is -0.550. The SMILES string of the molecule is NS(=O)(=O)c1cccc([C@@H](CO)Cc2ccccc2)c1F. The van der Waals surface area contributed by atoms with Gasteiger partial charge in [-0.3, -0.25) is 0 Å². The van der Waals surface area contributed by atoms with Gasteiger partial charge in [0, 0.05) is 5.92 Å². The lowest BCUT2D eigenvalue weighted by atomic mass is 9.92. The maximum atomic E-state index is 14.3. The van der Waals surface area contributed by atoms with Crippen molar-refractivity contribution in [3.8, 4) is 0 Å². The van der Waals surface area contributed by atoms with E-state index in [2.05, 4.69) is 0 Å². The van der Waals surface area contributed by atoms with Gasteiger partial charge in [0.15, 0.2) is 0 Å². The van der Waals surface area contributed by atoms with E-state index in [1.165, 1.54) is 12.1 Å². The van der Waals surface area contributed by atoms with E-state index in [0.717, 1.165) is 11.6 Å². The Hall–Kier alpha value is -1.76. The maximum Gasteiger partial charge on any atom is 0.240 e. The average Bonchev–Trinajstić information content (AvgIpc) is 2.45. The molecule has 0 saturated carbocycles. The van der Waals surface area contributed by atoms with Crippen LogP contribution >= 0.6 is 0 Å². The Morgan fingerprint density at radius 3 is 2.33 bits per heavy atom. The molecule has 2 rings (SSSR count). The summed E-state index contributed by atoms with van der Waals surface area (Å²) in [5.74, 6) is -1.43. The summed E-state index contributed by atoms with van der Waals surface area (Å²) in [6.45, 7) is -0.292. The van der Waals surface area contributed by atoms with Crippen LogP contribution in [-0.4, -0.2) is 20.1 Å². The van der Waals surface area contributed by atoms with E-state index in [1.54, 1.807) is 0 Å². The van der Waals surface area contributed by atoms with E-state index in [1.807, 2.05) is 30.3 Å². The van der Waals surface area contributed by atoms with Crippen molar-refractivity contribution in [1.82, 2.24) is 0 Å². The van der Waals surface area contributed by atoms with E-state index in [-0.39, 0.29) is 12.2 Å². The maximum absolute atomic E-state index is 14.3. The van der Waals surface area contributed by atoms with Crippen molar-refractivity contribution in [3.63, 3.8) is 0 Å². The molecule has 0 heterocycles. The van der Waals surface area contributed by atoms with Crippen LogP contribution < -0.4 is 5.14 Å². The summed E-state index contributed by atoms with van der Waals surface area (Å²) >= 11 is 0. The Morgan fingerprint density at radius 1 is 1.10 bits per heavy atom. The average molecular weight is 309 g/mol. The Labute approximate surface area is 123 Å². The lowest BCUT2D eigenvalue weighted by Crippen LogP contribution is -2.17. The summed E-state index contributed by atoms with van der Waals surface area (Å²) in [5, 5.41) is 14.5. The number of hydrogen-bond donors (Lipinski definition) is 2. The minimum absolute atomic E-state index is 0.146. The minimum Gasteiger partial charge on any atom is -0.396 e. The van der Waals surface area contributed by atoms with Crippen molar-refractivity contribution in [3.05, 3.63) is 65.5 Å². The lowest BCUT2D eigenvalue weighted by molar-refractivity contribution is 0.261. The molecule has 0 amide bonds. The fraction of sp³-hybridized carbons (Fsp3) is 0.200. The molecule has 4 nitrogen and oxygen atoms in total. The van der Waals surface area contributed by atoms with Crippen molar-refractivity contribution in [2.75, 3.05) is 6.61 Å². The molecule has 3 N–H and O–H groups in total. The minimum atomic E-state index is -4.13. The zero-order valence-corrected chi connectivity index (χ0v) is 12.1. The van der Waals surface area contributed by atoms with Gasteiger partial charge < -0.3 is 5.11 Å². The van der Waals surface area contributed by atoms with E-state index in [4.69, 9.17) is 5.14 Å². The van der Waals surface area contributed by atoms with Crippen molar-refractivity contribution in [2.24, 2.45) is 5.14 Å². The molecule has 21 heavy (non-hydrogen) atoms. The number of hydrogen-bond acceptors (Lipinski definition) is 3. The highest BCUT2D eigenvalue weighted by molar-refractivity contribution is 7.89. The fourth-order valence-corrected chi connectivity index (χ4v) is 2.87. The molecular formula is C15H16FNO3S. The predicted octanol–water partition coefficient (Wildman–Crippen LogP) is 1.79. The fourth-order valence-electron chi connectivity index (χ4n) is 2.23. The number of halogens is 1. The van der Waals surface area contributed by atoms with Gasteiger partial charge in [-0.25, -0.2) is 17.9 Å². The monoisotopic (exact) mass is 309 g/mol. The molecule has 1 atom stereocenters. The van der Waals surface area contributed by atoms with Crippen LogP contribution in [0.1, 0.15) is 17.0 Å². The van der Waals surface area contributed by atoms with Crippen molar-refractivity contribution >= 4 is 10.0 Å². The Balaban J connectivity index is 2.39.